The van der Waals surface area contributed by atoms with E-state index in [1.165, 1.54) is 6.42 Å². The Morgan fingerprint density at radius 3 is 2.38 bits per heavy atom. The molecule has 0 spiro atoms. The van der Waals surface area contributed by atoms with Crippen molar-refractivity contribution in [2.24, 2.45) is 11.8 Å². The lowest BCUT2D eigenvalue weighted by Gasteiger charge is -2.34. The molecule has 2 N–H and O–H groups in total. The van der Waals surface area contributed by atoms with Crippen molar-refractivity contribution in [1.82, 2.24) is 10.2 Å². The molecule has 1 fully saturated rings. The number of urea groups is 1. The number of imide groups is 1. The highest BCUT2D eigenvalue weighted by Crippen LogP contribution is 2.20. The van der Waals surface area contributed by atoms with Crippen molar-refractivity contribution in [2.45, 2.75) is 20.3 Å². The second-order valence-electron chi connectivity index (χ2n) is 6.01. The number of rotatable bonds is 3. The summed E-state index contributed by atoms with van der Waals surface area (Å²) >= 11 is 0. The second kappa shape index (κ2) is 7.22. The quantitative estimate of drug-likeness (QED) is 0.897. The molecule has 114 valence electrons. The maximum absolute atomic E-state index is 11.9. The topological polar surface area (TPSA) is 61.4 Å². The van der Waals surface area contributed by atoms with Gasteiger partial charge in [-0.25, -0.2) is 4.79 Å². The van der Waals surface area contributed by atoms with E-state index >= 15 is 0 Å². The normalized spacial score (nSPS) is 22.6. The number of piperidine rings is 1. The fourth-order valence-corrected chi connectivity index (χ4v) is 2.97. The van der Waals surface area contributed by atoms with Gasteiger partial charge in [0.25, 0.3) is 0 Å². The lowest BCUT2D eigenvalue weighted by molar-refractivity contribution is -0.121. The Bertz CT molecular complexity index is 480. The van der Waals surface area contributed by atoms with Gasteiger partial charge >= 0.3 is 6.03 Å². The van der Waals surface area contributed by atoms with Crippen LogP contribution in [0.15, 0.2) is 30.3 Å². The highest BCUT2D eigenvalue weighted by molar-refractivity contribution is 6.01. The number of nitrogens with zero attached hydrogens (tertiary/aromatic N) is 1. The average molecular weight is 289 g/mol. The van der Waals surface area contributed by atoms with Crippen LogP contribution in [0, 0.1) is 11.8 Å². The molecule has 2 atom stereocenters. The van der Waals surface area contributed by atoms with E-state index in [0.29, 0.717) is 17.5 Å². The minimum atomic E-state index is -0.482. The van der Waals surface area contributed by atoms with E-state index in [4.69, 9.17) is 0 Å². The second-order valence-corrected chi connectivity index (χ2v) is 6.01. The van der Waals surface area contributed by atoms with Crippen LogP contribution in [0.5, 0.6) is 0 Å². The summed E-state index contributed by atoms with van der Waals surface area (Å²) in [5.74, 6) is 0.934. The molecule has 0 saturated carbocycles. The average Bonchev–Trinajstić information content (AvgIpc) is 2.37. The summed E-state index contributed by atoms with van der Waals surface area (Å²) in [6.07, 6.45) is 1.20. The highest BCUT2D eigenvalue weighted by atomic mass is 16.2. The predicted molar refractivity (Wildman–Crippen MR) is 83.0 cm³/mol. The maximum atomic E-state index is 11.9. The number of anilines is 1. The molecule has 5 heteroatoms. The fourth-order valence-electron chi connectivity index (χ4n) is 2.97. The largest absolute Gasteiger partial charge is 0.325 e. The van der Waals surface area contributed by atoms with Gasteiger partial charge in [-0.3, -0.25) is 15.0 Å². The minimum Gasteiger partial charge on any atom is -0.308 e. The van der Waals surface area contributed by atoms with Gasteiger partial charge in [-0.15, -0.1) is 0 Å². The molecule has 3 amide bonds. The number of nitrogens with one attached hydrogen (secondary N) is 2. The summed E-state index contributed by atoms with van der Waals surface area (Å²) in [5, 5.41) is 5.01. The lowest BCUT2D eigenvalue weighted by atomic mass is 9.92. The molecule has 5 nitrogen and oxygen atoms in total. The molecule has 2 rings (SSSR count). The third-order valence-corrected chi connectivity index (χ3v) is 3.60. The molecule has 0 aliphatic carbocycles. The summed E-state index contributed by atoms with van der Waals surface area (Å²) in [7, 11) is 0. The number of amides is 3. The summed E-state index contributed by atoms with van der Waals surface area (Å²) in [6.45, 7) is 6.50. The van der Waals surface area contributed by atoms with Crippen LogP contribution in [-0.4, -0.2) is 36.5 Å². The van der Waals surface area contributed by atoms with Crippen LogP contribution >= 0.6 is 0 Å². The third kappa shape index (κ3) is 5.19. The smallest absolute Gasteiger partial charge is 0.308 e. The van der Waals surface area contributed by atoms with Crippen LogP contribution in [-0.2, 0) is 4.79 Å². The molecule has 0 aromatic heterocycles. The van der Waals surface area contributed by atoms with Crippen LogP contribution in [0.3, 0.4) is 0 Å². The van der Waals surface area contributed by atoms with Crippen molar-refractivity contribution in [2.75, 3.05) is 25.0 Å². The molecular weight excluding hydrogens is 266 g/mol. The zero-order valence-electron chi connectivity index (χ0n) is 12.6. The zero-order chi connectivity index (χ0) is 15.2. The van der Waals surface area contributed by atoms with Crippen molar-refractivity contribution in [3.05, 3.63) is 30.3 Å². The maximum Gasteiger partial charge on any atom is 0.325 e. The van der Waals surface area contributed by atoms with Crippen LogP contribution in [0.1, 0.15) is 20.3 Å². The molecule has 0 radical (unpaired) electrons. The Morgan fingerprint density at radius 2 is 1.76 bits per heavy atom. The Balaban J connectivity index is 1.77. The summed E-state index contributed by atoms with van der Waals surface area (Å²) in [4.78, 5) is 25.8. The summed E-state index contributed by atoms with van der Waals surface area (Å²) in [6, 6.07) is 8.59. The van der Waals surface area contributed by atoms with Gasteiger partial charge < -0.3 is 5.32 Å². The molecule has 1 aliphatic rings. The first-order chi connectivity index (χ1) is 10.0. The third-order valence-electron chi connectivity index (χ3n) is 3.60. The molecule has 1 heterocycles. The first-order valence-electron chi connectivity index (χ1n) is 7.41. The van der Waals surface area contributed by atoms with Crippen molar-refractivity contribution in [3.8, 4) is 0 Å². The van der Waals surface area contributed by atoms with E-state index in [-0.39, 0.29) is 12.5 Å². The van der Waals surface area contributed by atoms with E-state index in [0.717, 1.165) is 13.1 Å². The highest BCUT2D eigenvalue weighted by Gasteiger charge is 2.23. The van der Waals surface area contributed by atoms with E-state index in [2.05, 4.69) is 29.4 Å². The molecule has 1 aliphatic heterocycles. The van der Waals surface area contributed by atoms with Gasteiger partial charge in [-0.1, -0.05) is 32.0 Å². The van der Waals surface area contributed by atoms with Gasteiger partial charge in [0, 0.05) is 18.8 Å². The number of hydrogen-bond donors (Lipinski definition) is 2. The molecule has 1 saturated heterocycles. The van der Waals surface area contributed by atoms with Gasteiger partial charge in [-0.2, -0.15) is 0 Å². The molecular formula is C16H23N3O2. The lowest BCUT2D eigenvalue weighted by Crippen LogP contribution is -2.46. The van der Waals surface area contributed by atoms with Crippen molar-refractivity contribution >= 4 is 17.6 Å². The number of carbonyl (C=O) groups is 2. The first kappa shape index (κ1) is 15.5. The number of likely N-dealkylation sites (tertiary alicyclic amines) is 1. The minimum absolute atomic E-state index is 0.260. The Labute approximate surface area is 125 Å². The van der Waals surface area contributed by atoms with Crippen LogP contribution in [0.2, 0.25) is 0 Å². The SMILES string of the molecule is C[C@@H]1C[C@H](C)CN(CC(=O)NC(=O)Nc2ccccc2)C1. The van der Waals surface area contributed by atoms with Crippen molar-refractivity contribution in [1.29, 1.82) is 0 Å². The number of benzene rings is 1. The van der Waals surface area contributed by atoms with E-state index in [1.807, 2.05) is 18.2 Å². The van der Waals surface area contributed by atoms with Gasteiger partial charge in [0.1, 0.15) is 0 Å². The van der Waals surface area contributed by atoms with Gasteiger partial charge in [0.2, 0.25) is 5.91 Å². The molecule has 21 heavy (non-hydrogen) atoms. The van der Waals surface area contributed by atoms with Crippen molar-refractivity contribution < 1.29 is 9.59 Å². The zero-order valence-corrected chi connectivity index (χ0v) is 12.6. The fraction of sp³-hybridized carbons (Fsp3) is 0.500. The van der Waals surface area contributed by atoms with Crippen LogP contribution < -0.4 is 10.6 Å². The summed E-state index contributed by atoms with van der Waals surface area (Å²) in [5.41, 5.74) is 0.669. The number of carbonyl (C=O) groups excluding carboxylic acids is 2. The Kier molecular flexibility index (Phi) is 5.33. The molecule has 0 bridgehead atoms. The van der Waals surface area contributed by atoms with Crippen LogP contribution in [0.25, 0.3) is 0 Å². The van der Waals surface area contributed by atoms with Gasteiger partial charge in [-0.05, 0) is 30.4 Å². The van der Waals surface area contributed by atoms with E-state index < -0.39 is 6.03 Å². The van der Waals surface area contributed by atoms with E-state index in [1.54, 1.807) is 12.1 Å². The number of para-hydroxylation sites is 1. The van der Waals surface area contributed by atoms with Crippen LogP contribution in [0.4, 0.5) is 10.5 Å². The Hall–Kier alpha value is -1.88. The Morgan fingerprint density at radius 1 is 1.14 bits per heavy atom. The summed E-state index contributed by atoms with van der Waals surface area (Å²) < 4.78 is 0. The molecule has 0 unspecified atom stereocenters. The standard InChI is InChI=1S/C16H23N3O2/c1-12-8-13(2)10-19(9-12)11-15(20)18-16(21)17-14-6-4-3-5-7-14/h3-7,12-13H,8-11H2,1-2H3,(H2,17,18,20,21)/t12-,13+. The molecule has 1 aromatic rings. The first-order valence-corrected chi connectivity index (χ1v) is 7.41. The number of hydrogen-bond acceptors (Lipinski definition) is 3. The predicted octanol–water partition coefficient (Wildman–Crippen LogP) is 2.31. The van der Waals surface area contributed by atoms with E-state index in [9.17, 15) is 9.59 Å². The van der Waals surface area contributed by atoms with Crippen molar-refractivity contribution in [3.63, 3.8) is 0 Å². The van der Waals surface area contributed by atoms with Gasteiger partial charge in [0.15, 0.2) is 0 Å². The van der Waals surface area contributed by atoms with Gasteiger partial charge in [0.05, 0.1) is 6.54 Å². The molecule has 1 aromatic carbocycles. The monoisotopic (exact) mass is 289 g/mol.